The van der Waals surface area contributed by atoms with Crippen LogP contribution in [-0.2, 0) is 0 Å². The highest BCUT2D eigenvalue weighted by molar-refractivity contribution is 5.29. The number of aliphatic hydroxyl groups is 1. The molecule has 1 aromatic carbocycles. The van der Waals surface area contributed by atoms with Crippen molar-refractivity contribution in [3.05, 3.63) is 24.3 Å². The Balaban J connectivity index is 2.69. The fraction of sp³-hybridized carbons (Fsp3) is 0.143. The number of hydrogen-bond acceptors (Lipinski definition) is 3. The Morgan fingerprint density at radius 1 is 1.20 bits per heavy atom. The molecule has 3 heteroatoms. The molecular weight excluding hydrogens is 132 g/mol. The zero-order valence-electron chi connectivity index (χ0n) is 5.32. The van der Waals surface area contributed by atoms with Gasteiger partial charge in [-0.2, -0.15) is 0 Å². The summed E-state index contributed by atoms with van der Waals surface area (Å²) in [4.78, 5) is 0. The number of phenolic OH excluding ortho intramolecular Hbond substituents is 1. The summed E-state index contributed by atoms with van der Waals surface area (Å²) in [5, 5.41) is 17.1. The van der Waals surface area contributed by atoms with Gasteiger partial charge in [-0.05, 0) is 24.3 Å². The van der Waals surface area contributed by atoms with Gasteiger partial charge in [-0.3, -0.25) is 0 Å². The lowest BCUT2D eigenvalue weighted by Crippen LogP contribution is -1.93. The van der Waals surface area contributed by atoms with Crippen molar-refractivity contribution in [2.75, 3.05) is 6.79 Å². The van der Waals surface area contributed by atoms with Crippen molar-refractivity contribution < 1.29 is 14.9 Å². The van der Waals surface area contributed by atoms with E-state index in [1.54, 1.807) is 12.1 Å². The van der Waals surface area contributed by atoms with Crippen LogP contribution in [0.5, 0.6) is 11.5 Å². The lowest BCUT2D eigenvalue weighted by atomic mass is 10.3. The first-order valence-corrected chi connectivity index (χ1v) is 2.85. The third-order valence-corrected chi connectivity index (χ3v) is 1.07. The fourth-order valence-electron chi connectivity index (χ4n) is 0.617. The van der Waals surface area contributed by atoms with E-state index in [0.29, 0.717) is 5.75 Å². The fourth-order valence-corrected chi connectivity index (χ4v) is 0.617. The molecule has 10 heavy (non-hydrogen) atoms. The van der Waals surface area contributed by atoms with Crippen molar-refractivity contribution in [3.8, 4) is 11.5 Å². The Kier molecular flexibility index (Phi) is 2.12. The molecule has 0 radical (unpaired) electrons. The molecule has 0 bridgehead atoms. The summed E-state index contributed by atoms with van der Waals surface area (Å²) in [5.41, 5.74) is 0. The third-order valence-electron chi connectivity index (χ3n) is 1.07. The van der Waals surface area contributed by atoms with Crippen LogP contribution in [0.15, 0.2) is 24.3 Å². The molecule has 0 aliphatic rings. The van der Waals surface area contributed by atoms with E-state index in [2.05, 4.69) is 0 Å². The van der Waals surface area contributed by atoms with Crippen molar-refractivity contribution >= 4 is 0 Å². The van der Waals surface area contributed by atoms with Gasteiger partial charge < -0.3 is 14.9 Å². The molecule has 0 fully saturated rings. The highest BCUT2D eigenvalue weighted by atomic mass is 16.6. The Bertz CT molecular complexity index is 193. The molecule has 2 N–H and O–H groups in total. The molecule has 0 spiro atoms. The van der Waals surface area contributed by atoms with Crippen LogP contribution in [0.3, 0.4) is 0 Å². The van der Waals surface area contributed by atoms with E-state index in [9.17, 15) is 0 Å². The number of phenols is 1. The second kappa shape index (κ2) is 3.08. The van der Waals surface area contributed by atoms with Crippen LogP contribution in [0.4, 0.5) is 0 Å². The van der Waals surface area contributed by atoms with Gasteiger partial charge in [-0.15, -0.1) is 0 Å². The van der Waals surface area contributed by atoms with Crippen molar-refractivity contribution in [3.63, 3.8) is 0 Å². The molecule has 0 aromatic heterocycles. The van der Waals surface area contributed by atoms with E-state index >= 15 is 0 Å². The average Bonchev–Trinajstić information content (AvgIpc) is 1.95. The van der Waals surface area contributed by atoms with Gasteiger partial charge in [0, 0.05) is 0 Å². The van der Waals surface area contributed by atoms with Crippen LogP contribution >= 0.6 is 0 Å². The Hall–Kier alpha value is -1.22. The van der Waals surface area contributed by atoms with Crippen LogP contribution < -0.4 is 4.74 Å². The average molecular weight is 140 g/mol. The van der Waals surface area contributed by atoms with E-state index in [1.165, 1.54) is 12.1 Å². The van der Waals surface area contributed by atoms with Crippen LogP contribution in [0.2, 0.25) is 0 Å². The van der Waals surface area contributed by atoms with Gasteiger partial charge >= 0.3 is 0 Å². The maximum Gasteiger partial charge on any atom is 0.186 e. The van der Waals surface area contributed by atoms with Crippen LogP contribution in [0.25, 0.3) is 0 Å². The normalized spacial score (nSPS) is 9.30. The second-order valence-corrected chi connectivity index (χ2v) is 1.77. The highest BCUT2D eigenvalue weighted by Crippen LogP contribution is 2.15. The molecule has 0 saturated carbocycles. The summed E-state index contributed by atoms with van der Waals surface area (Å²) in [5.74, 6) is 0.727. The largest absolute Gasteiger partial charge is 0.508 e. The molecule has 0 aliphatic heterocycles. The lowest BCUT2D eigenvalue weighted by Gasteiger charge is -1.99. The zero-order chi connectivity index (χ0) is 7.40. The van der Waals surface area contributed by atoms with E-state index < -0.39 is 0 Å². The van der Waals surface area contributed by atoms with Gasteiger partial charge in [0.2, 0.25) is 0 Å². The van der Waals surface area contributed by atoms with Gasteiger partial charge in [0.25, 0.3) is 0 Å². The van der Waals surface area contributed by atoms with E-state index in [-0.39, 0.29) is 12.5 Å². The topological polar surface area (TPSA) is 49.7 Å². The zero-order valence-corrected chi connectivity index (χ0v) is 5.32. The molecule has 0 saturated heterocycles. The number of rotatable bonds is 2. The van der Waals surface area contributed by atoms with Gasteiger partial charge in [-0.1, -0.05) is 0 Å². The molecule has 0 aliphatic carbocycles. The number of hydrogen-bond donors (Lipinski definition) is 2. The smallest absolute Gasteiger partial charge is 0.186 e. The minimum Gasteiger partial charge on any atom is -0.508 e. The van der Waals surface area contributed by atoms with Crippen LogP contribution in [0, 0.1) is 0 Å². The number of ether oxygens (including phenoxy) is 1. The molecule has 1 rings (SSSR count). The van der Waals surface area contributed by atoms with Gasteiger partial charge in [0.1, 0.15) is 11.5 Å². The standard InChI is InChI=1S/C7H8O3/c8-5-10-7-3-1-6(9)2-4-7/h1-4,8-9H,5H2. The maximum absolute atomic E-state index is 8.81. The van der Waals surface area contributed by atoms with Crippen molar-refractivity contribution in [1.29, 1.82) is 0 Å². The molecule has 1 aromatic rings. The predicted octanol–water partition coefficient (Wildman–Crippen LogP) is 0.721. The first-order valence-electron chi connectivity index (χ1n) is 2.85. The number of benzene rings is 1. The van der Waals surface area contributed by atoms with Gasteiger partial charge in [0.15, 0.2) is 6.79 Å². The summed E-state index contributed by atoms with van der Waals surface area (Å²) in [6.07, 6.45) is 0. The second-order valence-electron chi connectivity index (χ2n) is 1.77. The Labute approximate surface area is 58.5 Å². The minimum absolute atomic E-state index is 0.185. The third kappa shape index (κ3) is 1.63. The summed E-state index contributed by atoms with van der Waals surface area (Å²) >= 11 is 0. The Morgan fingerprint density at radius 3 is 2.30 bits per heavy atom. The van der Waals surface area contributed by atoms with E-state index in [4.69, 9.17) is 14.9 Å². The molecule has 0 atom stereocenters. The summed E-state index contributed by atoms with van der Waals surface area (Å²) in [6.45, 7) is -0.342. The summed E-state index contributed by atoms with van der Waals surface area (Å²) < 4.78 is 4.71. The highest BCUT2D eigenvalue weighted by Gasteiger charge is 1.89. The molecule has 54 valence electrons. The number of aromatic hydroxyl groups is 1. The first-order chi connectivity index (χ1) is 4.83. The number of aliphatic hydroxyl groups excluding tert-OH is 1. The van der Waals surface area contributed by atoms with Crippen molar-refractivity contribution in [2.45, 2.75) is 0 Å². The quantitative estimate of drug-likeness (QED) is 0.595. The Morgan fingerprint density at radius 2 is 1.80 bits per heavy atom. The molecular formula is C7H8O3. The first kappa shape index (κ1) is 6.89. The SMILES string of the molecule is OCOc1ccc(O)cc1. The molecule has 0 heterocycles. The monoisotopic (exact) mass is 140 g/mol. The van der Waals surface area contributed by atoms with Gasteiger partial charge in [-0.25, -0.2) is 0 Å². The molecule has 0 unspecified atom stereocenters. The molecule has 3 nitrogen and oxygen atoms in total. The minimum atomic E-state index is -0.342. The van der Waals surface area contributed by atoms with Gasteiger partial charge in [0.05, 0.1) is 0 Å². The molecule has 0 amide bonds. The van der Waals surface area contributed by atoms with E-state index in [0.717, 1.165) is 0 Å². The van der Waals surface area contributed by atoms with E-state index in [1.807, 2.05) is 0 Å². The van der Waals surface area contributed by atoms with Crippen molar-refractivity contribution in [2.24, 2.45) is 0 Å². The van der Waals surface area contributed by atoms with Crippen LogP contribution in [0.1, 0.15) is 0 Å². The van der Waals surface area contributed by atoms with Crippen molar-refractivity contribution in [1.82, 2.24) is 0 Å². The maximum atomic E-state index is 8.81. The summed E-state index contributed by atoms with van der Waals surface area (Å²) in [6, 6.07) is 6.13. The summed E-state index contributed by atoms with van der Waals surface area (Å²) in [7, 11) is 0. The lowest BCUT2D eigenvalue weighted by molar-refractivity contribution is 0.0985. The predicted molar refractivity (Wildman–Crippen MR) is 35.8 cm³/mol. The van der Waals surface area contributed by atoms with Crippen LogP contribution in [-0.4, -0.2) is 17.0 Å².